The molecular weight excluding hydrogens is 391 g/mol. The van der Waals surface area contributed by atoms with Crippen LogP contribution in [-0.4, -0.2) is 35.8 Å². The second-order valence-electron chi connectivity index (χ2n) is 5.64. The molecular formula is C18H16Cl2N4OS. The number of nitrogens with zero attached hydrogens (tertiary/aromatic N) is 3. The number of rotatable bonds is 3. The Morgan fingerprint density at radius 3 is 2.50 bits per heavy atom. The summed E-state index contributed by atoms with van der Waals surface area (Å²) in [5.74, 6) is -0.229. The maximum atomic E-state index is 13.1. The smallest absolute Gasteiger partial charge is 0.279 e. The molecule has 0 radical (unpaired) electrons. The summed E-state index contributed by atoms with van der Waals surface area (Å²) in [4.78, 5) is 14.7. The lowest BCUT2D eigenvalue weighted by Gasteiger charge is -2.19. The number of para-hydroxylation sites is 1. The Morgan fingerprint density at radius 1 is 1.19 bits per heavy atom. The Hall–Kier alpha value is -2.15. The van der Waals surface area contributed by atoms with Gasteiger partial charge in [-0.3, -0.25) is 4.79 Å². The van der Waals surface area contributed by atoms with Crippen molar-refractivity contribution in [3.8, 4) is 0 Å². The summed E-state index contributed by atoms with van der Waals surface area (Å²) in [6.07, 6.45) is 0. The molecule has 0 fully saturated rings. The number of hydrazone groups is 1. The molecule has 0 saturated heterocycles. The van der Waals surface area contributed by atoms with E-state index in [9.17, 15) is 4.79 Å². The first-order valence-corrected chi connectivity index (χ1v) is 8.98. The highest BCUT2D eigenvalue weighted by atomic mass is 35.5. The molecule has 0 spiro atoms. The Kier molecular flexibility index (Phi) is 5.46. The van der Waals surface area contributed by atoms with Gasteiger partial charge in [0.15, 0.2) is 10.8 Å². The zero-order chi connectivity index (χ0) is 18.8. The van der Waals surface area contributed by atoms with Crippen LogP contribution in [0.2, 0.25) is 10.0 Å². The maximum Gasteiger partial charge on any atom is 0.279 e. The minimum atomic E-state index is -0.229. The molecule has 1 heterocycles. The average Bonchev–Trinajstić information content (AvgIpc) is 2.89. The van der Waals surface area contributed by atoms with E-state index in [0.29, 0.717) is 26.4 Å². The van der Waals surface area contributed by atoms with Gasteiger partial charge in [-0.1, -0.05) is 47.5 Å². The minimum Gasteiger partial charge on any atom is -0.364 e. The van der Waals surface area contributed by atoms with Gasteiger partial charge in [-0.2, -0.15) is 5.10 Å². The van der Waals surface area contributed by atoms with Gasteiger partial charge in [-0.15, -0.1) is 0 Å². The Morgan fingerprint density at radius 2 is 1.85 bits per heavy atom. The number of carbonyl (C=O) groups is 1. The Labute approximate surface area is 167 Å². The van der Waals surface area contributed by atoms with E-state index < -0.39 is 0 Å². The van der Waals surface area contributed by atoms with E-state index in [1.54, 1.807) is 37.2 Å². The van der Waals surface area contributed by atoms with Crippen molar-refractivity contribution in [3.63, 3.8) is 0 Å². The molecule has 2 aromatic carbocycles. The first kappa shape index (κ1) is 18.6. The van der Waals surface area contributed by atoms with Crippen molar-refractivity contribution in [1.29, 1.82) is 0 Å². The van der Waals surface area contributed by atoms with Crippen LogP contribution in [0.5, 0.6) is 0 Å². The van der Waals surface area contributed by atoms with Crippen LogP contribution in [0.3, 0.4) is 0 Å². The molecule has 1 amide bonds. The third kappa shape index (κ3) is 3.40. The predicted octanol–water partition coefficient (Wildman–Crippen LogP) is 3.68. The fourth-order valence-electron chi connectivity index (χ4n) is 2.71. The summed E-state index contributed by atoms with van der Waals surface area (Å²) in [6.45, 7) is 0.258. The van der Waals surface area contributed by atoms with Gasteiger partial charge < -0.3 is 10.2 Å². The van der Waals surface area contributed by atoms with E-state index >= 15 is 0 Å². The largest absolute Gasteiger partial charge is 0.364 e. The normalized spacial score (nSPS) is 14.5. The van der Waals surface area contributed by atoms with Crippen LogP contribution in [0.15, 0.2) is 47.6 Å². The second-order valence-corrected chi connectivity index (χ2v) is 6.84. The molecule has 0 aromatic heterocycles. The number of thiocarbonyl (C=S) groups is 1. The number of carbonyl (C=O) groups excluding carboxylic acids is 1. The zero-order valence-electron chi connectivity index (χ0n) is 14.2. The fourth-order valence-corrected chi connectivity index (χ4v) is 3.27. The van der Waals surface area contributed by atoms with E-state index in [1.165, 1.54) is 5.01 Å². The van der Waals surface area contributed by atoms with Crippen molar-refractivity contribution in [2.45, 2.75) is 6.54 Å². The molecule has 0 unspecified atom stereocenters. The van der Waals surface area contributed by atoms with Crippen molar-refractivity contribution in [3.05, 3.63) is 63.6 Å². The second kappa shape index (κ2) is 7.61. The Bertz CT molecular complexity index is 896. The van der Waals surface area contributed by atoms with Gasteiger partial charge in [-0.05, 0) is 30.4 Å². The zero-order valence-corrected chi connectivity index (χ0v) is 16.5. The van der Waals surface area contributed by atoms with Crippen molar-refractivity contribution < 1.29 is 4.79 Å². The van der Waals surface area contributed by atoms with E-state index in [4.69, 9.17) is 35.4 Å². The summed E-state index contributed by atoms with van der Waals surface area (Å²) in [5, 5.41) is 10.1. The van der Waals surface area contributed by atoms with Crippen molar-refractivity contribution >= 4 is 57.8 Å². The average molecular weight is 407 g/mol. The summed E-state index contributed by atoms with van der Waals surface area (Å²) in [6, 6.07) is 12.7. The molecule has 5 nitrogen and oxygen atoms in total. The van der Waals surface area contributed by atoms with Gasteiger partial charge in [0.1, 0.15) is 0 Å². The topological polar surface area (TPSA) is 47.9 Å². The summed E-state index contributed by atoms with van der Waals surface area (Å²) in [5.41, 5.74) is 2.52. The number of hydrogen-bond acceptors (Lipinski definition) is 3. The van der Waals surface area contributed by atoms with E-state index in [-0.39, 0.29) is 12.5 Å². The number of fused-ring (bicyclic) bond motifs is 1. The molecule has 0 bridgehead atoms. The maximum absolute atomic E-state index is 13.1. The lowest BCUT2D eigenvalue weighted by atomic mass is 10.1. The molecule has 0 saturated carbocycles. The third-order valence-corrected chi connectivity index (χ3v) is 5.21. The lowest BCUT2D eigenvalue weighted by molar-refractivity contribution is -0.112. The highest BCUT2D eigenvalue weighted by molar-refractivity contribution is 7.80. The molecule has 8 heteroatoms. The Balaban J connectivity index is 2.02. The van der Waals surface area contributed by atoms with Crippen LogP contribution in [0, 0.1) is 0 Å². The lowest BCUT2D eigenvalue weighted by Crippen LogP contribution is -2.34. The number of hydrogen-bond donors (Lipinski definition) is 1. The SMILES string of the molecule is CNC(=S)N(C)/N=C1/C(=O)N(Cc2c(Cl)cccc2Cl)c2ccccc21. The van der Waals surface area contributed by atoms with Crippen LogP contribution < -0.4 is 10.2 Å². The standard InChI is InChI=1S/C18H16Cl2N4OS/c1-21-18(26)23(2)22-16-11-6-3-4-9-15(11)24(17(16)25)10-12-13(19)7-5-8-14(12)20/h3-9H,10H2,1-2H3,(H,21,26)/b22-16+. The van der Waals surface area contributed by atoms with Crippen molar-refractivity contribution in [2.24, 2.45) is 5.10 Å². The predicted molar refractivity (Wildman–Crippen MR) is 110 cm³/mol. The molecule has 1 aliphatic rings. The van der Waals surface area contributed by atoms with Crippen LogP contribution in [0.4, 0.5) is 5.69 Å². The number of anilines is 1. The number of amides is 1. The molecule has 26 heavy (non-hydrogen) atoms. The van der Waals surface area contributed by atoms with Gasteiger partial charge in [0.05, 0.1) is 12.2 Å². The number of benzene rings is 2. The summed E-state index contributed by atoms with van der Waals surface area (Å²) in [7, 11) is 3.39. The van der Waals surface area contributed by atoms with Crippen LogP contribution in [0.25, 0.3) is 0 Å². The fraction of sp³-hybridized carbons (Fsp3) is 0.167. The number of halogens is 2. The quantitative estimate of drug-likeness (QED) is 0.623. The van der Waals surface area contributed by atoms with Crippen LogP contribution in [-0.2, 0) is 11.3 Å². The molecule has 1 N–H and O–H groups in total. The van der Waals surface area contributed by atoms with E-state index in [0.717, 1.165) is 11.3 Å². The van der Waals surface area contributed by atoms with Gasteiger partial charge >= 0.3 is 0 Å². The van der Waals surface area contributed by atoms with Crippen LogP contribution >= 0.6 is 35.4 Å². The third-order valence-electron chi connectivity index (χ3n) is 4.03. The van der Waals surface area contributed by atoms with Gasteiger partial charge in [0, 0.05) is 35.3 Å². The van der Waals surface area contributed by atoms with E-state index in [1.807, 2.05) is 24.3 Å². The minimum absolute atomic E-state index is 0.229. The van der Waals surface area contributed by atoms with E-state index in [2.05, 4.69) is 10.4 Å². The monoisotopic (exact) mass is 406 g/mol. The van der Waals surface area contributed by atoms with Crippen LogP contribution in [0.1, 0.15) is 11.1 Å². The summed E-state index contributed by atoms with van der Waals surface area (Å²) >= 11 is 17.7. The number of nitrogens with one attached hydrogen (secondary N) is 1. The van der Waals surface area contributed by atoms with Gasteiger partial charge in [0.2, 0.25) is 0 Å². The molecule has 0 atom stereocenters. The first-order chi connectivity index (χ1) is 12.4. The highest BCUT2D eigenvalue weighted by Gasteiger charge is 2.35. The molecule has 0 aliphatic carbocycles. The molecule has 134 valence electrons. The van der Waals surface area contributed by atoms with Gasteiger partial charge in [-0.25, -0.2) is 5.01 Å². The van der Waals surface area contributed by atoms with Crippen molar-refractivity contribution in [1.82, 2.24) is 10.3 Å². The van der Waals surface area contributed by atoms with Crippen molar-refractivity contribution in [2.75, 3.05) is 19.0 Å². The molecule has 3 rings (SSSR count). The molecule has 2 aromatic rings. The molecule has 1 aliphatic heterocycles. The van der Waals surface area contributed by atoms with Gasteiger partial charge in [0.25, 0.3) is 5.91 Å². The first-order valence-electron chi connectivity index (χ1n) is 7.82. The highest BCUT2D eigenvalue weighted by Crippen LogP contribution is 2.34. The summed E-state index contributed by atoms with van der Waals surface area (Å²) < 4.78 is 0.